The van der Waals surface area contributed by atoms with Gasteiger partial charge in [0.2, 0.25) is 5.91 Å². The fraction of sp³-hybridized carbons (Fsp3) is 0.227. The molecule has 0 spiro atoms. The van der Waals surface area contributed by atoms with Crippen LogP contribution < -0.4 is 9.64 Å². The Hall–Kier alpha value is -3.06. The van der Waals surface area contributed by atoms with Crippen molar-refractivity contribution in [2.75, 3.05) is 24.3 Å². The molecular formula is C22H20N4O2S. The summed E-state index contributed by atoms with van der Waals surface area (Å²) in [5.41, 5.74) is 5.13. The lowest BCUT2D eigenvalue weighted by atomic mass is 10.1. The Morgan fingerprint density at radius 1 is 1.17 bits per heavy atom. The van der Waals surface area contributed by atoms with E-state index < -0.39 is 0 Å². The van der Waals surface area contributed by atoms with Crippen molar-refractivity contribution in [3.63, 3.8) is 0 Å². The third kappa shape index (κ3) is 3.02. The molecule has 146 valence electrons. The molecule has 3 heterocycles. The Bertz CT molecular complexity index is 1250. The summed E-state index contributed by atoms with van der Waals surface area (Å²) in [4.78, 5) is 14.8. The van der Waals surface area contributed by atoms with Gasteiger partial charge in [0.25, 0.3) is 0 Å². The molecule has 0 aliphatic carbocycles. The van der Waals surface area contributed by atoms with E-state index >= 15 is 0 Å². The number of ether oxygens (including phenoxy) is 1. The van der Waals surface area contributed by atoms with E-state index in [1.165, 1.54) is 17.3 Å². The fourth-order valence-corrected chi connectivity index (χ4v) is 4.75. The van der Waals surface area contributed by atoms with Crippen LogP contribution in [0.5, 0.6) is 5.75 Å². The van der Waals surface area contributed by atoms with E-state index in [2.05, 4.69) is 23.2 Å². The van der Waals surface area contributed by atoms with Crippen molar-refractivity contribution in [2.45, 2.75) is 18.5 Å². The predicted molar refractivity (Wildman–Crippen MR) is 115 cm³/mol. The van der Waals surface area contributed by atoms with Crippen molar-refractivity contribution in [1.82, 2.24) is 14.6 Å². The first-order valence-corrected chi connectivity index (χ1v) is 10.5. The van der Waals surface area contributed by atoms with Gasteiger partial charge in [-0.2, -0.15) is 0 Å². The van der Waals surface area contributed by atoms with Gasteiger partial charge in [0.05, 0.1) is 18.4 Å². The highest BCUT2D eigenvalue weighted by Crippen LogP contribution is 2.31. The summed E-state index contributed by atoms with van der Waals surface area (Å²) in [6, 6.07) is 16.1. The molecule has 0 atom stereocenters. The third-order valence-corrected chi connectivity index (χ3v) is 6.30. The van der Waals surface area contributed by atoms with Crippen molar-refractivity contribution in [1.29, 1.82) is 0 Å². The van der Waals surface area contributed by atoms with Gasteiger partial charge in [0.1, 0.15) is 5.75 Å². The number of rotatable bonds is 4. The molecule has 0 fully saturated rings. The average Bonchev–Trinajstić information content (AvgIpc) is 3.36. The molecule has 1 amide bonds. The first-order chi connectivity index (χ1) is 14.2. The Kier molecular flexibility index (Phi) is 4.39. The largest absolute Gasteiger partial charge is 0.497 e. The van der Waals surface area contributed by atoms with E-state index in [-0.39, 0.29) is 5.91 Å². The summed E-state index contributed by atoms with van der Waals surface area (Å²) in [6.07, 6.45) is 0.907. The van der Waals surface area contributed by atoms with Gasteiger partial charge in [-0.1, -0.05) is 30.0 Å². The molecule has 0 bridgehead atoms. The molecule has 0 unspecified atom stereocenters. The van der Waals surface area contributed by atoms with E-state index in [4.69, 9.17) is 4.74 Å². The summed E-state index contributed by atoms with van der Waals surface area (Å²) in [5.74, 6) is 1.18. The maximum atomic E-state index is 12.9. The highest BCUT2D eigenvalue weighted by Gasteiger charge is 2.24. The fourth-order valence-electron chi connectivity index (χ4n) is 3.92. The molecule has 0 saturated heterocycles. The van der Waals surface area contributed by atoms with E-state index in [1.54, 1.807) is 7.11 Å². The van der Waals surface area contributed by atoms with Crippen molar-refractivity contribution in [2.24, 2.45) is 0 Å². The number of para-hydroxylation sites is 1. The highest BCUT2D eigenvalue weighted by molar-refractivity contribution is 7.99. The van der Waals surface area contributed by atoms with Gasteiger partial charge < -0.3 is 9.64 Å². The standard InChI is InChI=1S/C22H20N4O2S/c1-14-11-20-23-24-22(26(20)19-12-16(28-2)7-8-17(14)19)29-13-21(27)25-10-9-15-5-3-4-6-18(15)25/h3-8,11-12H,9-10,13H2,1-2H3. The normalized spacial score (nSPS) is 13.2. The number of pyridine rings is 1. The number of hydrogen-bond donors (Lipinski definition) is 0. The number of hydrogen-bond acceptors (Lipinski definition) is 5. The Labute approximate surface area is 172 Å². The topological polar surface area (TPSA) is 59.7 Å². The minimum Gasteiger partial charge on any atom is -0.497 e. The molecule has 7 heteroatoms. The molecule has 1 aliphatic heterocycles. The molecule has 29 heavy (non-hydrogen) atoms. The van der Waals surface area contributed by atoms with Gasteiger partial charge in [-0.05, 0) is 48.7 Å². The zero-order valence-electron chi connectivity index (χ0n) is 16.3. The van der Waals surface area contributed by atoms with Crippen molar-refractivity contribution in [3.05, 3.63) is 59.7 Å². The third-order valence-electron chi connectivity index (χ3n) is 5.39. The van der Waals surface area contributed by atoms with E-state index in [9.17, 15) is 4.79 Å². The lowest BCUT2D eigenvalue weighted by Gasteiger charge is -2.16. The van der Waals surface area contributed by atoms with Crippen LogP contribution >= 0.6 is 11.8 Å². The molecule has 0 N–H and O–H groups in total. The smallest absolute Gasteiger partial charge is 0.237 e. The monoisotopic (exact) mass is 404 g/mol. The van der Waals surface area contributed by atoms with Crippen LogP contribution in [0.3, 0.4) is 0 Å². The Balaban J connectivity index is 1.47. The van der Waals surface area contributed by atoms with Crippen molar-refractivity contribution >= 4 is 39.9 Å². The van der Waals surface area contributed by atoms with Crippen molar-refractivity contribution < 1.29 is 9.53 Å². The summed E-state index contributed by atoms with van der Waals surface area (Å²) < 4.78 is 7.41. The van der Waals surface area contributed by atoms with Crippen LogP contribution in [-0.2, 0) is 11.2 Å². The number of aryl methyl sites for hydroxylation is 1. The predicted octanol–water partition coefficient (Wildman–Crippen LogP) is 3.88. The lowest BCUT2D eigenvalue weighted by Crippen LogP contribution is -2.30. The van der Waals surface area contributed by atoms with Crippen LogP contribution in [0.1, 0.15) is 11.1 Å². The summed E-state index contributed by atoms with van der Waals surface area (Å²) in [5, 5.41) is 10.5. The molecule has 0 saturated carbocycles. The maximum absolute atomic E-state index is 12.9. The summed E-state index contributed by atoms with van der Waals surface area (Å²) in [7, 11) is 1.66. The van der Waals surface area contributed by atoms with Gasteiger partial charge in [-0.3, -0.25) is 9.20 Å². The number of amides is 1. The molecule has 2 aromatic carbocycles. The SMILES string of the molecule is COc1ccc2c(C)cc3nnc(SCC(=O)N4CCc5ccccc54)n3c2c1. The Morgan fingerprint density at radius 2 is 2.03 bits per heavy atom. The van der Waals surface area contributed by atoms with Crippen LogP contribution in [-0.4, -0.2) is 39.9 Å². The minimum atomic E-state index is 0.0886. The first kappa shape index (κ1) is 18.0. The van der Waals surface area contributed by atoms with E-state index in [0.717, 1.165) is 46.5 Å². The van der Waals surface area contributed by atoms with Gasteiger partial charge in [-0.15, -0.1) is 10.2 Å². The highest BCUT2D eigenvalue weighted by atomic mass is 32.2. The number of anilines is 1. The van der Waals surface area contributed by atoms with Gasteiger partial charge in [-0.25, -0.2) is 0 Å². The molecule has 0 radical (unpaired) electrons. The molecule has 5 rings (SSSR count). The van der Waals surface area contributed by atoms with Crippen LogP contribution in [0.4, 0.5) is 5.69 Å². The zero-order chi connectivity index (χ0) is 20.0. The maximum Gasteiger partial charge on any atom is 0.237 e. The van der Waals surface area contributed by atoms with E-state index in [1.807, 2.05) is 51.8 Å². The van der Waals surface area contributed by atoms with Gasteiger partial charge >= 0.3 is 0 Å². The second kappa shape index (κ2) is 7.08. The zero-order valence-corrected chi connectivity index (χ0v) is 17.1. The number of aromatic nitrogens is 3. The van der Waals surface area contributed by atoms with Crippen LogP contribution in [0.25, 0.3) is 16.6 Å². The van der Waals surface area contributed by atoms with Crippen LogP contribution in [0.15, 0.2) is 53.7 Å². The quantitative estimate of drug-likeness (QED) is 0.483. The molecular weight excluding hydrogens is 384 g/mol. The second-order valence-corrected chi connectivity index (χ2v) is 8.04. The number of benzene rings is 2. The number of nitrogens with zero attached hydrogens (tertiary/aromatic N) is 4. The van der Waals surface area contributed by atoms with Gasteiger partial charge in [0, 0.05) is 23.7 Å². The summed E-state index contributed by atoms with van der Waals surface area (Å²) in [6.45, 7) is 2.79. The van der Waals surface area contributed by atoms with Crippen LogP contribution in [0.2, 0.25) is 0 Å². The van der Waals surface area contributed by atoms with Crippen molar-refractivity contribution in [3.8, 4) is 5.75 Å². The minimum absolute atomic E-state index is 0.0886. The average molecular weight is 404 g/mol. The Morgan fingerprint density at radius 3 is 2.90 bits per heavy atom. The number of methoxy groups -OCH3 is 1. The van der Waals surface area contributed by atoms with Crippen LogP contribution in [0, 0.1) is 6.92 Å². The molecule has 2 aromatic heterocycles. The van der Waals surface area contributed by atoms with Gasteiger partial charge in [0.15, 0.2) is 10.8 Å². The number of carbonyl (C=O) groups excluding carboxylic acids is 1. The summed E-state index contributed by atoms with van der Waals surface area (Å²) >= 11 is 1.42. The molecule has 6 nitrogen and oxygen atoms in total. The molecule has 4 aromatic rings. The number of carbonyl (C=O) groups is 1. The van der Waals surface area contributed by atoms with E-state index in [0.29, 0.717) is 10.9 Å². The molecule has 1 aliphatic rings. The number of thioether (sulfide) groups is 1. The first-order valence-electron chi connectivity index (χ1n) is 9.49. The number of fused-ring (bicyclic) bond motifs is 4. The second-order valence-electron chi connectivity index (χ2n) is 7.10. The lowest BCUT2D eigenvalue weighted by molar-refractivity contribution is -0.116.